The number of nitrogen functional groups attached to an aromatic ring is 1. The van der Waals surface area contributed by atoms with Crippen molar-refractivity contribution in [2.24, 2.45) is 0 Å². The molecule has 0 amide bonds. The number of nitrogens with two attached hydrogens (primary N) is 1. The summed E-state index contributed by atoms with van der Waals surface area (Å²) < 4.78 is 5.44. The van der Waals surface area contributed by atoms with Crippen LogP contribution in [0.15, 0.2) is 18.3 Å². The standard InChI is InChI=1S/C12H18N2O2/c1-16-12(4-2-5-12)10(15)7-9-3-6-14-11(13)8-9/h3,6,8,10,15H,2,4-5,7H2,1H3,(H2,13,14). The van der Waals surface area contributed by atoms with E-state index >= 15 is 0 Å². The lowest BCUT2D eigenvalue weighted by Crippen LogP contribution is -2.50. The first-order chi connectivity index (χ1) is 7.66. The number of hydrogen-bond donors (Lipinski definition) is 2. The summed E-state index contributed by atoms with van der Waals surface area (Å²) in [6, 6.07) is 3.67. The fourth-order valence-electron chi connectivity index (χ4n) is 2.23. The van der Waals surface area contributed by atoms with Crippen LogP contribution in [0, 0.1) is 0 Å². The van der Waals surface area contributed by atoms with Gasteiger partial charge in [0.25, 0.3) is 0 Å². The van der Waals surface area contributed by atoms with Gasteiger partial charge >= 0.3 is 0 Å². The van der Waals surface area contributed by atoms with Crippen LogP contribution in [-0.2, 0) is 11.2 Å². The summed E-state index contributed by atoms with van der Waals surface area (Å²) in [5.74, 6) is 0.491. The Hall–Kier alpha value is -1.13. The minimum Gasteiger partial charge on any atom is -0.390 e. The zero-order chi connectivity index (χ0) is 11.6. The molecule has 4 heteroatoms. The predicted octanol–water partition coefficient (Wildman–Crippen LogP) is 1.14. The molecule has 1 heterocycles. The van der Waals surface area contributed by atoms with E-state index in [1.165, 1.54) is 0 Å². The van der Waals surface area contributed by atoms with E-state index < -0.39 is 6.10 Å². The van der Waals surface area contributed by atoms with Crippen molar-refractivity contribution in [3.05, 3.63) is 23.9 Å². The van der Waals surface area contributed by atoms with Gasteiger partial charge in [0.15, 0.2) is 0 Å². The molecule has 1 saturated carbocycles. The lowest BCUT2D eigenvalue weighted by atomic mass is 9.74. The minimum absolute atomic E-state index is 0.335. The van der Waals surface area contributed by atoms with Crippen LogP contribution in [-0.4, -0.2) is 28.9 Å². The topological polar surface area (TPSA) is 68.4 Å². The van der Waals surface area contributed by atoms with Gasteiger partial charge in [0.2, 0.25) is 0 Å². The van der Waals surface area contributed by atoms with Crippen LogP contribution >= 0.6 is 0 Å². The van der Waals surface area contributed by atoms with Gasteiger partial charge in [-0.15, -0.1) is 0 Å². The molecule has 4 nitrogen and oxygen atoms in total. The number of hydrogen-bond acceptors (Lipinski definition) is 4. The molecule has 1 aromatic rings. The van der Waals surface area contributed by atoms with E-state index in [-0.39, 0.29) is 5.60 Å². The van der Waals surface area contributed by atoms with Gasteiger partial charge in [-0.1, -0.05) is 0 Å². The van der Waals surface area contributed by atoms with Gasteiger partial charge in [0, 0.05) is 19.7 Å². The molecule has 0 spiro atoms. The summed E-state index contributed by atoms with van der Waals surface area (Å²) >= 11 is 0. The zero-order valence-corrected chi connectivity index (χ0v) is 9.52. The van der Waals surface area contributed by atoms with E-state index in [2.05, 4.69) is 4.98 Å². The van der Waals surface area contributed by atoms with E-state index in [4.69, 9.17) is 10.5 Å². The number of ether oxygens (including phenoxy) is 1. The molecule has 0 radical (unpaired) electrons. The van der Waals surface area contributed by atoms with Crippen LogP contribution < -0.4 is 5.73 Å². The highest BCUT2D eigenvalue weighted by Gasteiger charge is 2.43. The average molecular weight is 222 g/mol. The molecule has 1 atom stereocenters. The molecule has 1 fully saturated rings. The average Bonchev–Trinajstić information content (AvgIpc) is 2.16. The van der Waals surface area contributed by atoms with Gasteiger partial charge in [-0.2, -0.15) is 0 Å². The largest absolute Gasteiger partial charge is 0.390 e. The van der Waals surface area contributed by atoms with Crippen LogP contribution in [0.3, 0.4) is 0 Å². The number of pyridine rings is 1. The summed E-state index contributed by atoms with van der Waals surface area (Å²) in [7, 11) is 1.67. The summed E-state index contributed by atoms with van der Waals surface area (Å²) in [6.45, 7) is 0. The first-order valence-corrected chi connectivity index (χ1v) is 5.60. The van der Waals surface area contributed by atoms with E-state index in [1.54, 1.807) is 19.4 Å². The van der Waals surface area contributed by atoms with Crippen molar-refractivity contribution >= 4 is 5.82 Å². The van der Waals surface area contributed by atoms with Crippen molar-refractivity contribution in [2.75, 3.05) is 12.8 Å². The van der Waals surface area contributed by atoms with Crippen molar-refractivity contribution in [3.8, 4) is 0 Å². The fraction of sp³-hybridized carbons (Fsp3) is 0.583. The molecule has 1 aliphatic rings. The second-order valence-electron chi connectivity index (χ2n) is 4.43. The monoisotopic (exact) mass is 222 g/mol. The maximum absolute atomic E-state index is 10.2. The molecule has 0 bridgehead atoms. The first-order valence-electron chi connectivity index (χ1n) is 5.60. The number of rotatable bonds is 4. The highest BCUT2D eigenvalue weighted by molar-refractivity contribution is 5.32. The molecule has 0 saturated heterocycles. The van der Waals surface area contributed by atoms with Gasteiger partial charge < -0.3 is 15.6 Å². The van der Waals surface area contributed by atoms with Crippen LogP contribution in [0.2, 0.25) is 0 Å². The van der Waals surface area contributed by atoms with Crippen LogP contribution in [0.1, 0.15) is 24.8 Å². The zero-order valence-electron chi connectivity index (χ0n) is 9.52. The molecule has 0 aromatic carbocycles. The Morgan fingerprint density at radius 3 is 2.88 bits per heavy atom. The second-order valence-corrected chi connectivity index (χ2v) is 4.43. The lowest BCUT2D eigenvalue weighted by molar-refractivity contribution is -0.148. The normalized spacial score (nSPS) is 20.1. The van der Waals surface area contributed by atoms with Gasteiger partial charge in [0.05, 0.1) is 11.7 Å². The third kappa shape index (κ3) is 2.03. The van der Waals surface area contributed by atoms with Gasteiger partial charge in [-0.3, -0.25) is 0 Å². The number of aromatic nitrogens is 1. The quantitative estimate of drug-likeness (QED) is 0.801. The van der Waals surface area contributed by atoms with E-state index in [1.807, 2.05) is 6.07 Å². The molecule has 88 valence electrons. The predicted molar refractivity (Wildman–Crippen MR) is 62.0 cm³/mol. The smallest absolute Gasteiger partial charge is 0.123 e. The van der Waals surface area contributed by atoms with E-state index in [0.717, 1.165) is 24.8 Å². The van der Waals surface area contributed by atoms with Crippen molar-refractivity contribution in [1.29, 1.82) is 0 Å². The summed E-state index contributed by atoms with van der Waals surface area (Å²) in [5, 5.41) is 10.2. The second kappa shape index (κ2) is 4.39. The highest BCUT2D eigenvalue weighted by Crippen LogP contribution is 2.39. The maximum Gasteiger partial charge on any atom is 0.123 e. The maximum atomic E-state index is 10.2. The molecule has 0 aliphatic heterocycles. The Kier molecular flexibility index (Phi) is 3.12. The first kappa shape index (κ1) is 11.4. The minimum atomic E-state index is -0.465. The number of anilines is 1. The number of aliphatic hydroxyl groups is 1. The summed E-state index contributed by atoms with van der Waals surface area (Å²) in [4.78, 5) is 3.93. The molecule has 16 heavy (non-hydrogen) atoms. The van der Waals surface area contributed by atoms with Crippen molar-refractivity contribution in [3.63, 3.8) is 0 Å². The number of nitrogens with zero attached hydrogens (tertiary/aromatic N) is 1. The number of methoxy groups -OCH3 is 1. The molecule has 1 aromatic heterocycles. The Bertz CT molecular complexity index is 358. The van der Waals surface area contributed by atoms with Crippen LogP contribution in [0.5, 0.6) is 0 Å². The van der Waals surface area contributed by atoms with Crippen molar-refractivity contribution < 1.29 is 9.84 Å². The fourth-order valence-corrected chi connectivity index (χ4v) is 2.23. The van der Waals surface area contributed by atoms with Crippen LogP contribution in [0.25, 0.3) is 0 Å². The molecule has 1 aliphatic carbocycles. The SMILES string of the molecule is COC1(C(O)Cc2ccnc(N)c2)CCC1. The Morgan fingerprint density at radius 2 is 2.38 bits per heavy atom. The van der Waals surface area contributed by atoms with E-state index in [9.17, 15) is 5.11 Å². The van der Waals surface area contributed by atoms with Gasteiger partial charge in [-0.25, -0.2) is 4.98 Å². The van der Waals surface area contributed by atoms with E-state index in [0.29, 0.717) is 12.2 Å². The molecule has 3 N–H and O–H groups in total. The molecule has 1 unspecified atom stereocenters. The summed E-state index contributed by atoms with van der Waals surface area (Å²) in [6.07, 6.45) is 4.77. The third-order valence-electron chi connectivity index (χ3n) is 3.49. The van der Waals surface area contributed by atoms with Crippen LogP contribution in [0.4, 0.5) is 5.82 Å². The van der Waals surface area contributed by atoms with Crippen molar-refractivity contribution in [2.45, 2.75) is 37.4 Å². The Balaban J connectivity index is 2.04. The molecule has 2 rings (SSSR count). The Labute approximate surface area is 95.4 Å². The lowest BCUT2D eigenvalue weighted by Gasteiger charge is -2.44. The summed E-state index contributed by atoms with van der Waals surface area (Å²) in [5.41, 5.74) is 6.27. The third-order valence-corrected chi connectivity index (χ3v) is 3.49. The van der Waals surface area contributed by atoms with Crippen molar-refractivity contribution in [1.82, 2.24) is 4.98 Å². The highest BCUT2D eigenvalue weighted by atomic mass is 16.5. The van der Waals surface area contributed by atoms with Gasteiger partial charge in [0.1, 0.15) is 5.82 Å². The molecular weight excluding hydrogens is 204 g/mol. The number of aliphatic hydroxyl groups excluding tert-OH is 1. The molecular formula is C12H18N2O2. The Morgan fingerprint density at radius 1 is 1.62 bits per heavy atom. The van der Waals surface area contributed by atoms with Gasteiger partial charge in [-0.05, 0) is 37.0 Å².